The van der Waals surface area contributed by atoms with Gasteiger partial charge in [0.2, 0.25) is 0 Å². The summed E-state index contributed by atoms with van der Waals surface area (Å²) in [7, 11) is 0. The summed E-state index contributed by atoms with van der Waals surface area (Å²) in [4.78, 5) is 8.85. The van der Waals surface area contributed by atoms with Crippen LogP contribution in [-0.4, -0.2) is 26.3 Å². The largest absolute Gasteiger partial charge is 0.312 e. The second-order valence-electron chi connectivity index (χ2n) is 4.51. The van der Waals surface area contributed by atoms with E-state index in [0.717, 1.165) is 43.9 Å². The van der Waals surface area contributed by atoms with Crippen LogP contribution in [0.4, 0.5) is 0 Å². The van der Waals surface area contributed by atoms with E-state index in [4.69, 9.17) is 0 Å². The van der Waals surface area contributed by atoms with Gasteiger partial charge in [0.05, 0.1) is 17.1 Å². The molecule has 1 aliphatic heterocycles. The van der Waals surface area contributed by atoms with Crippen LogP contribution in [0, 0.1) is 0 Å². The van der Waals surface area contributed by atoms with Gasteiger partial charge in [-0.3, -0.25) is 4.68 Å². The molecule has 94 valence electrons. The van der Waals surface area contributed by atoms with E-state index in [0.29, 0.717) is 0 Å². The van der Waals surface area contributed by atoms with Crippen molar-refractivity contribution in [2.24, 2.45) is 0 Å². The molecule has 0 aromatic carbocycles. The van der Waals surface area contributed by atoms with Crippen molar-refractivity contribution in [1.29, 1.82) is 0 Å². The maximum Gasteiger partial charge on any atom is 0.116 e. The van der Waals surface area contributed by atoms with Gasteiger partial charge in [0.1, 0.15) is 6.33 Å². The first kappa shape index (κ1) is 11.3. The summed E-state index contributed by atoms with van der Waals surface area (Å²) in [6.07, 6.45) is 5.56. The Kier molecular flexibility index (Phi) is 3.06. The van der Waals surface area contributed by atoms with Gasteiger partial charge in [-0.1, -0.05) is 6.92 Å². The fourth-order valence-electron chi connectivity index (χ4n) is 2.41. The Hall–Kier alpha value is -1.75. The topological polar surface area (TPSA) is 55.6 Å². The third kappa shape index (κ3) is 1.90. The molecule has 3 rings (SSSR count). The molecule has 2 aromatic rings. The highest BCUT2D eigenvalue weighted by atomic mass is 15.3. The molecule has 3 heterocycles. The predicted octanol–water partition coefficient (Wildman–Crippen LogP) is 1.40. The first-order valence-corrected chi connectivity index (χ1v) is 6.45. The monoisotopic (exact) mass is 243 g/mol. The molecule has 5 nitrogen and oxygen atoms in total. The van der Waals surface area contributed by atoms with E-state index in [1.807, 2.05) is 16.9 Å². The third-order valence-corrected chi connectivity index (χ3v) is 3.27. The van der Waals surface area contributed by atoms with E-state index in [1.165, 1.54) is 11.3 Å². The quantitative estimate of drug-likeness (QED) is 0.885. The van der Waals surface area contributed by atoms with Gasteiger partial charge in [-0.15, -0.1) is 0 Å². The van der Waals surface area contributed by atoms with Gasteiger partial charge in [0.15, 0.2) is 0 Å². The van der Waals surface area contributed by atoms with Crippen LogP contribution in [0.25, 0.3) is 11.4 Å². The molecule has 0 aliphatic carbocycles. The lowest BCUT2D eigenvalue weighted by molar-refractivity contribution is 0.601. The van der Waals surface area contributed by atoms with Crippen LogP contribution in [0.15, 0.2) is 18.6 Å². The SMILES string of the molecule is CCCn1nccc1-c1ncnc2c1CNCC2. The summed E-state index contributed by atoms with van der Waals surface area (Å²) in [5.74, 6) is 0. The van der Waals surface area contributed by atoms with Crippen LogP contribution >= 0.6 is 0 Å². The van der Waals surface area contributed by atoms with Crippen molar-refractivity contribution in [2.45, 2.75) is 32.9 Å². The van der Waals surface area contributed by atoms with Crippen LogP contribution < -0.4 is 5.32 Å². The number of hydrogen-bond acceptors (Lipinski definition) is 4. The van der Waals surface area contributed by atoms with Crippen molar-refractivity contribution < 1.29 is 0 Å². The number of rotatable bonds is 3. The molecule has 1 aliphatic rings. The van der Waals surface area contributed by atoms with Crippen LogP contribution in [-0.2, 0) is 19.5 Å². The zero-order chi connectivity index (χ0) is 12.4. The van der Waals surface area contributed by atoms with Crippen molar-refractivity contribution in [3.05, 3.63) is 29.8 Å². The molecule has 5 heteroatoms. The molecule has 0 unspecified atom stereocenters. The Balaban J connectivity index is 2.08. The number of fused-ring (bicyclic) bond motifs is 1. The zero-order valence-electron chi connectivity index (χ0n) is 10.6. The summed E-state index contributed by atoms with van der Waals surface area (Å²) in [5, 5.41) is 7.75. The van der Waals surface area contributed by atoms with Crippen molar-refractivity contribution in [3.63, 3.8) is 0 Å². The Bertz CT molecular complexity index is 546. The first-order valence-electron chi connectivity index (χ1n) is 6.45. The van der Waals surface area contributed by atoms with Gasteiger partial charge < -0.3 is 5.32 Å². The summed E-state index contributed by atoms with van der Waals surface area (Å²) in [5.41, 5.74) is 4.52. The highest BCUT2D eigenvalue weighted by Crippen LogP contribution is 2.24. The Labute approximate surface area is 106 Å². The fraction of sp³-hybridized carbons (Fsp3) is 0.462. The molecule has 0 saturated carbocycles. The average molecular weight is 243 g/mol. The smallest absolute Gasteiger partial charge is 0.116 e. The second-order valence-corrected chi connectivity index (χ2v) is 4.51. The molecule has 0 amide bonds. The van der Waals surface area contributed by atoms with E-state index in [2.05, 4.69) is 27.3 Å². The summed E-state index contributed by atoms with van der Waals surface area (Å²) < 4.78 is 2.03. The fourth-order valence-corrected chi connectivity index (χ4v) is 2.41. The lowest BCUT2D eigenvalue weighted by atomic mass is 10.0. The maximum atomic E-state index is 4.47. The van der Waals surface area contributed by atoms with Crippen LogP contribution in [0.3, 0.4) is 0 Å². The number of nitrogens with zero attached hydrogens (tertiary/aromatic N) is 4. The van der Waals surface area contributed by atoms with Crippen LogP contribution in [0.1, 0.15) is 24.6 Å². The van der Waals surface area contributed by atoms with E-state index in [-0.39, 0.29) is 0 Å². The molecule has 0 bridgehead atoms. The summed E-state index contributed by atoms with van der Waals surface area (Å²) in [6, 6.07) is 2.03. The number of nitrogens with one attached hydrogen (secondary N) is 1. The summed E-state index contributed by atoms with van der Waals surface area (Å²) >= 11 is 0. The standard InChI is InChI=1S/C13H17N5/c1-2-7-18-12(4-6-17-18)13-10-8-14-5-3-11(10)15-9-16-13/h4,6,9,14H,2-3,5,7-8H2,1H3. The molecule has 0 fully saturated rings. The number of hydrogen-bond donors (Lipinski definition) is 1. The second kappa shape index (κ2) is 4.86. The average Bonchev–Trinajstić information content (AvgIpc) is 2.87. The number of aryl methyl sites for hydroxylation is 1. The van der Waals surface area contributed by atoms with Crippen LogP contribution in [0.5, 0.6) is 0 Å². The minimum absolute atomic E-state index is 0.850. The normalized spacial score (nSPS) is 14.5. The zero-order valence-corrected chi connectivity index (χ0v) is 10.6. The van der Waals surface area contributed by atoms with Crippen molar-refractivity contribution in [1.82, 2.24) is 25.1 Å². The molecular weight excluding hydrogens is 226 g/mol. The Morgan fingerprint density at radius 1 is 1.39 bits per heavy atom. The molecule has 0 atom stereocenters. The van der Waals surface area contributed by atoms with Crippen LogP contribution in [0.2, 0.25) is 0 Å². The highest BCUT2D eigenvalue weighted by molar-refractivity contribution is 5.60. The van der Waals surface area contributed by atoms with E-state index >= 15 is 0 Å². The van der Waals surface area contributed by atoms with Crippen molar-refractivity contribution in [2.75, 3.05) is 6.54 Å². The van der Waals surface area contributed by atoms with Gasteiger partial charge in [-0.2, -0.15) is 5.10 Å². The Morgan fingerprint density at radius 3 is 3.22 bits per heavy atom. The lowest BCUT2D eigenvalue weighted by Crippen LogP contribution is -2.25. The van der Waals surface area contributed by atoms with Gasteiger partial charge in [0.25, 0.3) is 0 Å². The number of aromatic nitrogens is 4. The van der Waals surface area contributed by atoms with Gasteiger partial charge >= 0.3 is 0 Å². The molecule has 2 aromatic heterocycles. The lowest BCUT2D eigenvalue weighted by Gasteiger charge is -2.18. The van der Waals surface area contributed by atoms with E-state index in [1.54, 1.807) is 6.33 Å². The minimum Gasteiger partial charge on any atom is -0.312 e. The van der Waals surface area contributed by atoms with Crippen molar-refractivity contribution >= 4 is 0 Å². The van der Waals surface area contributed by atoms with Gasteiger partial charge in [-0.05, 0) is 12.5 Å². The molecular formula is C13H17N5. The molecule has 1 N–H and O–H groups in total. The maximum absolute atomic E-state index is 4.47. The first-order chi connectivity index (χ1) is 8.90. The van der Waals surface area contributed by atoms with Gasteiger partial charge in [0, 0.05) is 37.8 Å². The Morgan fingerprint density at radius 2 is 2.33 bits per heavy atom. The summed E-state index contributed by atoms with van der Waals surface area (Å²) in [6.45, 7) is 4.93. The van der Waals surface area contributed by atoms with Crippen molar-refractivity contribution in [3.8, 4) is 11.4 Å². The highest BCUT2D eigenvalue weighted by Gasteiger charge is 2.18. The minimum atomic E-state index is 0.850. The van der Waals surface area contributed by atoms with E-state index in [9.17, 15) is 0 Å². The van der Waals surface area contributed by atoms with Gasteiger partial charge in [-0.25, -0.2) is 9.97 Å². The molecule has 0 radical (unpaired) electrons. The molecule has 0 saturated heterocycles. The third-order valence-electron chi connectivity index (χ3n) is 3.27. The van der Waals surface area contributed by atoms with E-state index < -0.39 is 0 Å². The molecule has 18 heavy (non-hydrogen) atoms. The molecule has 0 spiro atoms. The predicted molar refractivity (Wildman–Crippen MR) is 69.0 cm³/mol.